The minimum atomic E-state index is -0.00130. The van der Waals surface area contributed by atoms with Gasteiger partial charge in [-0.15, -0.1) is 0 Å². The van der Waals surface area contributed by atoms with E-state index in [1.165, 1.54) is 31.4 Å². The minimum Gasteiger partial charge on any atom is -0.394 e. The van der Waals surface area contributed by atoms with Crippen LogP contribution >= 0.6 is 0 Å². The van der Waals surface area contributed by atoms with Gasteiger partial charge in [0.2, 0.25) is 0 Å². The van der Waals surface area contributed by atoms with Gasteiger partial charge in [-0.3, -0.25) is 0 Å². The first-order valence-corrected chi connectivity index (χ1v) is 8.38. The van der Waals surface area contributed by atoms with Crippen LogP contribution in [0, 0.1) is 5.92 Å². The maximum Gasteiger partial charge on any atom is 0.0616 e. The Hall–Kier alpha value is -1.06. The van der Waals surface area contributed by atoms with Gasteiger partial charge in [0, 0.05) is 30.9 Å². The number of nitrogens with zero attached hydrogens (tertiary/aromatic N) is 1. The molecule has 0 heterocycles. The molecule has 0 radical (unpaired) electrons. The molecule has 1 aromatic carbocycles. The summed E-state index contributed by atoms with van der Waals surface area (Å²) in [5.41, 5.74) is 1.28. The minimum absolute atomic E-state index is 0.00130. The van der Waals surface area contributed by atoms with Gasteiger partial charge in [0.15, 0.2) is 0 Å². The van der Waals surface area contributed by atoms with E-state index in [-0.39, 0.29) is 5.54 Å². The first kappa shape index (κ1) is 14.9. The van der Waals surface area contributed by atoms with Crippen molar-refractivity contribution in [1.82, 2.24) is 5.32 Å². The Morgan fingerprint density at radius 2 is 2.00 bits per heavy atom. The summed E-state index contributed by atoms with van der Waals surface area (Å²) < 4.78 is 0. The first-order chi connectivity index (χ1) is 10.2. The summed E-state index contributed by atoms with van der Waals surface area (Å²) in [6.45, 7) is 1.35. The summed E-state index contributed by atoms with van der Waals surface area (Å²) in [5, 5.41) is 13.7. The molecule has 2 aliphatic carbocycles. The van der Waals surface area contributed by atoms with E-state index in [4.69, 9.17) is 0 Å². The van der Waals surface area contributed by atoms with E-state index < -0.39 is 0 Å². The third kappa shape index (κ3) is 3.41. The second-order valence-electron chi connectivity index (χ2n) is 6.87. The Bertz CT molecular complexity index is 446. The molecule has 2 unspecified atom stereocenters. The molecular formula is C18H28N2O. The molecule has 2 fully saturated rings. The lowest BCUT2D eigenvalue weighted by Gasteiger charge is -2.36. The van der Waals surface area contributed by atoms with E-state index in [0.29, 0.717) is 18.6 Å². The number of anilines is 1. The fourth-order valence-corrected chi connectivity index (χ4v) is 3.80. The van der Waals surface area contributed by atoms with Crippen LogP contribution in [0.4, 0.5) is 5.69 Å². The molecule has 0 bridgehead atoms. The van der Waals surface area contributed by atoms with Gasteiger partial charge in [-0.1, -0.05) is 24.6 Å². The molecule has 0 aromatic heterocycles. The van der Waals surface area contributed by atoms with Crippen LogP contribution in [0.5, 0.6) is 0 Å². The number of hydrogen-bond acceptors (Lipinski definition) is 3. The predicted molar refractivity (Wildman–Crippen MR) is 87.6 cm³/mol. The van der Waals surface area contributed by atoms with Gasteiger partial charge >= 0.3 is 0 Å². The van der Waals surface area contributed by atoms with Crippen molar-refractivity contribution >= 4 is 5.69 Å². The van der Waals surface area contributed by atoms with Gasteiger partial charge < -0.3 is 15.3 Å². The molecule has 3 nitrogen and oxygen atoms in total. The van der Waals surface area contributed by atoms with Crippen LogP contribution in [-0.2, 0) is 0 Å². The zero-order valence-corrected chi connectivity index (χ0v) is 13.1. The Balaban J connectivity index is 1.58. The smallest absolute Gasteiger partial charge is 0.0616 e. The molecule has 3 heteroatoms. The Morgan fingerprint density at radius 3 is 2.67 bits per heavy atom. The lowest BCUT2D eigenvalue weighted by molar-refractivity contribution is 0.118. The standard InChI is InChI=1S/C18H28N2O/c1-20(17-7-3-2-4-8-17)13-11-15-6-5-12-18(15,14-21)19-16-9-10-16/h2-4,7-8,15-16,19,21H,5-6,9-14H2,1H3. The monoisotopic (exact) mass is 288 g/mol. The summed E-state index contributed by atoms with van der Waals surface area (Å²) >= 11 is 0. The Morgan fingerprint density at radius 1 is 1.24 bits per heavy atom. The molecule has 0 spiro atoms. The van der Waals surface area contributed by atoms with Crippen molar-refractivity contribution in [1.29, 1.82) is 0 Å². The molecule has 0 saturated heterocycles. The van der Waals surface area contributed by atoms with E-state index in [2.05, 4.69) is 47.6 Å². The average molecular weight is 288 g/mol. The number of nitrogens with one attached hydrogen (secondary N) is 1. The molecule has 116 valence electrons. The summed E-state index contributed by atoms with van der Waals surface area (Å²) in [6, 6.07) is 11.2. The summed E-state index contributed by atoms with van der Waals surface area (Å²) in [5.74, 6) is 0.606. The van der Waals surface area contributed by atoms with Gasteiger partial charge in [-0.25, -0.2) is 0 Å². The molecule has 0 aliphatic heterocycles. The highest BCUT2D eigenvalue weighted by atomic mass is 16.3. The maximum atomic E-state index is 9.97. The summed E-state index contributed by atoms with van der Waals surface area (Å²) in [7, 11) is 2.17. The maximum absolute atomic E-state index is 9.97. The second kappa shape index (κ2) is 6.37. The van der Waals surface area contributed by atoms with Gasteiger partial charge in [0.1, 0.15) is 0 Å². The van der Waals surface area contributed by atoms with Crippen LogP contribution in [-0.4, -0.2) is 36.9 Å². The summed E-state index contributed by atoms with van der Waals surface area (Å²) in [6.07, 6.45) is 7.38. The lowest BCUT2D eigenvalue weighted by atomic mass is 9.85. The number of hydrogen-bond donors (Lipinski definition) is 2. The molecular weight excluding hydrogens is 260 g/mol. The Labute approximate surface area is 128 Å². The van der Waals surface area contributed by atoms with Crippen LogP contribution in [0.15, 0.2) is 30.3 Å². The Kier molecular flexibility index (Phi) is 4.51. The molecule has 2 saturated carbocycles. The number of benzene rings is 1. The highest BCUT2D eigenvalue weighted by Crippen LogP contribution is 2.40. The van der Waals surface area contributed by atoms with E-state index >= 15 is 0 Å². The number of aliphatic hydroxyl groups is 1. The van der Waals surface area contributed by atoms with Crippen molar-refractivity contribution in [3.63, 3.8) is 0 Å². The largest absolute Gasteiger partial charge is 0.394 e. The van der Waals surface area contributed by atoms with Crippen molar-refractivity contribution in [3.8, 4) is 0 Å². The molecule has 21 heavy (non-hydrogen) atoms. The van der Waals surface area contributed by atoms with Crippen LogP contribution < -0.4 is 10.2 Å². The van der Waals surface area contributed by atoms with Gasteiger partial charge in [0.05, 0.1) is 6.61 Å². The van der Waals surface area contributed by atoms with Crippen molar-refractivity contribution in [2.45, 2.75) is 50.1 Å². The van der Waals surface area contributed by atoms with E-state index in [1.54, 1.807) is 0 Å². The number of para-hydroxylation sites is 1. The van der Waals surface area contributed by atoms with Crippen LogP contribution in [0.25, 0.3) is 0 Å². The third-order valence-corrected chi connectivity index (χ3v) is 5.32. The number of aliphatic hydroxyl groups excluding tert-OH is 1. The molecule has 2 aliphatic rings. The fraction of sp³-hybridized carbons (Fsp3) is 0.667. The van der Waals surface area contributed by atoms with Crippen LogP contribution in [0.1, 0.15) is 38.5 Å². The normalized spacial score (nSPS) is 28.8. The van der Waals surface area contributed by atoms with Crippen LogP contribution in [0.2, 0.25) is 0 Å². The molecule has 3 rings (SSSR count). The van der Waals surface area contributed by atoms with Crippen molar-refractivity contribution < 1.29 is 5.11 Å². The van der Waals surface area contributed by atoms with Gasteiger partial charge in [-0.05, 0) is 50.2 Å². The van der Waals surface area contributed by atoms with Crippen molar-refractivity contribution in [3.05, 3.63) is 30.3 Å². The van der Waals surface area contributed by atoms with Gasteiger partial charge in [-0.2, -0.15) is 0 Å². The highest BCUT2D eigenvalue weighted by molar-refractivity contribution is 5.44. The SMILES string of the molecule is CN(CCC1CCCC1(CO)NC1CC1)c1ccccc1. The first-order valence-electron chi connectivity index (χ1n) is 8.38. The van der Waals surface area contributed by atoms with Crippen LogP contribution in [0.3, 0.4) is 0 Å². The molecule has 1 aromatic rings. The number of rotatable bonds is 7. The lowest BCUT2D eigenvalue weighted by Crippen LogP contribution is -2.53. The van der Waals surface area contributed by atoms with E-state index in [0.717, 1.165) is 19.4 Å². The van der Waals surface area contributed by atoms with E-state index in [1.807, 2.05) is 0 Å². The average Bonchev–Trinajstić information content (AvgIpc) is 3.25. The second-order valence-corrected chi connectivity index (χ2v) is 6.87. The third-order valence-electron chi connectivity index (χ3n) is 5.32. The van der Waals surface area contributed by atoms with Gasteiger partial charge in [0.25, 0.3) is 0 Å². The zero-order valence-electron chi connectivity index (χ0n) is 13.1. The topological polar surface area (TPSA) is 35.5 Å². The fourth-order valence-electron chi connectivity index (χ4n) is 3.80. The quantitative estimate of drug-likeness (QED) is 0.810. The van der Waals surface area contributed by atoms with Crippen molar-refractivity contribution in [2.75, 3.05) is 25.1 Å². The molecule has 0 amide bonds. The van der Waals surface area contributed by atoms with E-state index in [9.17, 15) is 5.11 Å². The predicted octanol–water partition coefficient (Wildman–Crippen LogP) is 2.80. The van der Waals surface area contributed by atoms with Crippen molar-refractivity contribution in [2.24, 2.45) is 5.92 Å². The molecule has 2 atom stereocenters. The molecule has 2 N–H and O–H groups in total. The summed E-state index contributed by atoms with van der Waals surface area (Å²) in [4.78, 5) is 2.33. The zero-order chi connectivity index (χ0) is 14.7. The highest BCUT2D eigenvalue weighted by Gasteiger charge is 2.44.